The van der Waals surface area contributed by atoms with Gasteiger partial charge < -0.3 is 15.2 Å². The molecule has 0 radical (unpaired) electrons. The zero-order chi connectivity index (χ0) is 14.3. The number of pyridine rings is 1. The van der Waals surface area contributed by atoms with E-state index in [-0.39, 0.29) is 0 Å². The van der Waals surface area contributed by atoms with Crippen LogP contribution in [0.1, 0.15) is 46.2 Å². The third kappa shape index (κ3) is 5.57. The molecule has 1 heterocycles. The number of nitrogens with zero attached hydrogens (tertiary/aromatic N) is 1. The van der Waals surface area contributed by atoms with E-state index >= 15 is 0 Å². The van der Waals surface area contributed by atoms with Gasteiger partial charge in [0.1, 0.15) is 12.4 Å². The van der Waals surface area contributed by atoms with Crippen LogP contribution in [0.15, 0.2) is 18.3 Å². The molecule has 0 aliphatic heterocycles. The van der Waals surface area contributed by atoms with Gasteiger partial charge in [-0.2, -0.15) is 0 Å². The minimum absolute atomic E-state index is 0.311. The van der Waals surface area contributed by atoms with Gasteiger partial charge in [0.25, 0.3) is 0 Å². The van der Waals surface area contributed by atoms with E-state index in [1.54, 1.807) is 6.20 Å². The number of hydrogen-bond donors (Lipinski definition) is 2. The Hall–Kier alpha value is -1.13. The van der Waals surface area contributed by atoms with Crippen LogP contribution in [-0.4, -0.2) is 28.3 Å². The summed E-state index contributed by atoms with van der Waals surface area (Å²) in [4.78, 5) is 4.33. The quantitative estimate of drug-likeness (QED) is 0.759. The van der Waals surface area contributed by atoms with E-state index in [0.717, 1.165) is 12.2 Å². The molecular weight excluding hydrogens is 240 g/mol. The van der Waals surface area contributed by atoms with Crippen molar-refractivity contribution in [1.29, 1.82) is 0 Å². The molecule has 0 saturated heterocycles. The van der Waals surface area contributed by atoms with Crippen molar-refractivity contribution in [3.63, 3.8) is 0 Å². The van der Waals surface area contributed by atoms with Crippen LogP contribution in [0.25, 0.3) is 0 Å². The highest BCUT2D eigenvalue weighted by Crippen LogP contribution is 2.17. The summed E-state index contributed by atoms with van der Waals surface area (Å²) in [5.74, 6) is 0.702. The van der Waals surface area contributed by atoms with Crippen LogP contribution in [0, 0.1) is 0 Å². The van der Waals surface area contributed by atoms with Crippen LogP contribution in [-0.2, 0) is 6.54 Å². The Labute approximate surface area is 116 Å². The molecule has 0 bridgehead atoms. The Morgan fingerprint density at radius 2 is 2.00 bits per heavy atom. The van der Waals surface area contributed by atoms with Gasteiger partial charge in [0.2, 0.25) is 0 Å². The Morgan fingerprint density at radius 3 is 2.47 bits per heavy atom. The lowest BCUT2D eigenvalue weighted by Gasteiger charge is -2.24. The predicted molar refractivity (Wildman–Crippen MR) is 77.2 cm³/mol. The molecule has 0 fully saturated rings. The fraction of sp³-hybridized carbons (Fsp3) is 0.667. The Morgan fingerprint density at radius 1 is 1.32 bits per heavy atom. The Kier molecular flexibility index (Phi) is 6.25. The number of nitrogens with one attached hydrogen (secondary N) is 1. The third-order valence-electron chi connectivity index (χ3n) is 3.31. The molecule has 0 unspecified atom stereocenters. The Bertz CT molecular complexity index is 359. The summed E-state index contributed by atoms with van der Waals surface area (Å²) in [5, 5.41) is 13.4. The van der Waals surface area contributed by atoms with Crippen molar-refractivity contribution < 1.29 is 9.84 Å². The van der Waals surface area contributed by atoms with Crippen LogP contribution in [0.4, 0.5) is 0 Å². The largest absolute Gasteiger partial charge is 0.489 e. The van der Waals surface area contributed by atoms with Gasteiger partial charge >= 0.3 is 0 Å². The molecule has 0 spiro atoms. The van der Waals surface area contributed by atoms with Crippen LogP contribution >= 0.6 is 0 Å². The van der Waals surface area contributed by atoms with Crippen molar-refractivity contribution in [1.82, 2.24) is 10.3 Å². The fourth-order valence-corrected chi connectivity index (χ4v) is 1.58. The molecule has 0 aromatic carbocycles. The average Bonchev–Trinajstić information content (AvgIpc) is 2.43. The van der Waals surface area contributed by atoms with Crippen LogP contribution < -0.4 is 10.1 Å². The van der Waals surface area contributed by atoms with Crippen molar-refractivity contribution in [2.45, 2.75) is 58.7 Å². The molecule has 4 nitrogen and oxygen atoms in total. The van der Waals surface area contributed by atoms with Crippen molar-refractivity contribution >= 4 is 0 Å². The highest BCUT2D eigenvalue weighted by atomic mass is 16.5. The summed E-state index contributed by atoms with van der Waals surface area (Å²) in [5.41, 5.74) is 0.250. The second kappa shape index (κ2) is 7.46. The van der Waals surface area contributed by atoms with E-state index in [1.807, 2.05) is 26.0 Å². The lowest BCUT2D eigenvalue weighted by Crippen LogP contribution is -2.34. The van der Waals surface area contributed by atoms with Crippen LogP contribution in [0.5, 0.6) is 5.75 Å². The van der Waals surface area contributed by atoms with E-state index in [1.165, 1.54) is 0 Å². The summed E-state index contributed by atoms with van der Waals surface area (Å²) in [7, 11) is 0. The number of aliphatic hydroxyl groups is 1. The SMILES string of the molecule is CCC(O)(CC)COc1ccc(CNC(C)C)nc1. The summed E-state index contributed by atoms with van der Waals surface area (Å²) in [6, 6.07) is 4.29. The fourth-order valence-electron chi connectivity index (χ4n) is 1.58. The predicted octanol–water partition coefficient (Wildman–Crippen LogP) is 2.51. The zero-order valence-electron chi connectivity index (χ0n) is 12.4. The maximum absolute atomic E-state index is 10.1. The maximum Gasteiger partial charge on any atom is 0.137 e. The van der Waals surface area contributed by atoms with Gasteiger partial charge in [0.05, 0.1) is 17.5 Å². The van der Waals surface area contributed by atoms with Gasteiger partial charge in [-0.25, -0.2) is 0 Å². The minimum atomic E-state index is -0.738. The molecule has 1 aromatic rings. The molecule has 19 heavy (non-hydrogen) atoms. The first kappa shape index (κ1) is 15.9. The molecule has 0 saturated carbocycles. The monoisotopic (exact) mass is 266 g/mol. The molecule has 2 N–H and O–H groups in total. The normalized spacial score (nSPS) is 11.9. The lowest BCUT2D eigenvalue weighted by atomic mass is 9.99. The molecule has 0 atom stereocenters. The van der Waals surface area contributed by atoms with E-state index in [9.17, 15) is 5.11 Å². The summed E-state index contributed by atoms with van der Waals surface area (Å²) < 4.78 is 5.60. The number of hydrogen-bond acceptors (Lipinski definition) is 4. The molecule has 0 aliphatic carbocycles. The zero-order valence-corrected chi connectivity index (χ0v) is 12.4. The smallest absolute Gasteiger partial charge is 0.137 e. The van der Waals surface area contributed by atoms with Crippen molar-refractivity contribution in [2.75, 3.05) is 6.61 Å². The van der Waals surface area contributed by atoms with E-state index in [2.05, 4.69) is 24.1 Å². The van der Waals surface area contributed by atoms with Gasteiger partial charge in [-0.15, -0.1) is 0 Å². The van der Waals surface area contributed by atoms with Gasteiger partial charge in [-0.3, -0.25) is 4.98 Å². The second-order valence-corrected chi connectivity index (χ2v) is 5.24. The summed E-state index contributed by atoms with van der Waals surface area (Å²) >= 11 is 0. The Balaban J connectivity index is 2.48. The number of rotatable bonds is 8. The van der Waals surface area contributed by atoms with E-state index in [4.69, 9.17) is 4.74 Å². The van der Waals surface area contributed by atoms with E-state index < -0.39 is 5.60 Å². The molecule has 108 valence electrons. The van der Waals surface area contributed by atoms with Gasteiger partial charge in [-0.05, 0) is 25.0 Å². The van der Waals surface area contributed by atoms with Crippen LogP contribution in [0.2, 0.25) is 0 Å². The van der Waals surface area contributed by atoms with Crippen molar-refractivity contribution in [3.8, 4) is 5.75 Å². The van der Waals surface area contributed by atoms with Gasteiger partial charge in [0, 0.05) is 12.6 Å². The minimum Gasteiger partial charge on any atom is -0.489 e. The van der Waals surface area contributed by atoms with Gasteiger partial charge in [0.15, 0.2) is 0 Å². The molecular formula is C15H26N2O2. The van der Waals surface area contributed by atoms with Crippen molar-refractivity contribution in [3.05, 3.63) is 24.0 Å². The highest BCUT2D eigenvalue weighted by molar-refractivity contribution is 5.20. The lowest BCUT2D eigenvalue weighted by molar-refractivity contribution is -0.0114. The first-order chi connectivity index (χ1) is 8.99. The number of aromatic nitrogens is 1. The third-order valence-corrected chi connectivity index (χ3v) is 3.31. The summed E-state index contributed by atoms with van der Waals surface area (Å²) in [6.45, 7) is 9.20. The molecule has 0 amide bonds. The summed E-state index contributed by atoms with van der Waals surface area (Å²) in [6.07, 6.45) is 3.09. The standard InChI is InChI=1S/C15H26N2O2/c1-5-15(18,6-2)11-19-14-8-7-13(17-10-14)9-16-12(3)4/h7-8,10,12,16,18H,5-6,9,11H2,1-4H3. The second-order valence-electron chi connectivity index (χ2n) is 5.24. The number of ether oxygens (including phenoxy) is 1. The molecule has 1 aromatic heterocycles. The van der Waals surface area contributed by atoms with Gasteiger partial charge in [-0.1, -0.05) is 27.7 Å². The topological polar surface area (TPSA) is 54.4 Å². The van der Waals surface area contributed by atoms with Crippen LogP contribution in [0.3, 0.4) is 0 Å². The maximum atomic E-state index is 10.1. The van der Waals surface area contributed by atoms with Crippen molar-refractivity contribution in [2.24, 2.45) is 0 Å². The molecule has 1 rings (SSSR count). The first-order valence-electron chi connectivity index (χ1n) is 7.02. The first-order valence-corrected chi connectivity index (χ1v) is 7.02. The molecule has 0 aliphatic rings. The highest BCUT2D eigenvalue weighted by Gasteiger charge is 2.23. The average molecular weight is 266 g/mol. The van der Waals surface area contributed by atoms with E-state index in [0.29, 0.717) is 31.2 Å². The molecule has 4 heteroatoms.